The Labute approximate surface area is 113 Å². The highest BCUT2D eigenvalue weighted by Crippen LogP contribution is 2.41. The van der Waals surface area contributed by atoms with Crippen molar-refractivity contribution in [2.75, 3.05) is 5.33 Å². The van der Waals surface area contributed by atoms with Crippen molar-refractivity contribution in [1.82, 2.24) is 0 Å². The van der Waals surface area contributed by atoms with E-state index in [1.165, 1.54) is 5.57 Å². The summed E-state index contributed by atoms with van der Waals surface area (Å²) in [7, 11) is 0. The van der Waals surface area contributed by atoms with Crippen molar-refractivity contribution in [3.05, 3.63) is 36.0 Å². The zero-order valence-electron chi connectivity index (χ0n) is 11.0. The average molecular weight is 299 g/mol. The molecule has 0 spiro atoms. The molecule has 0 saturated carbocycles. The van der Waals surface area contributed by atoms with E-state index in [0.717, 1.165) is 18.4 Å². The first-order valence-electron chi connectivity index (χ1n) is 6.14. The van der Waals surface area contributed by atoms with Crippen LogP contribution in [0.25, 0.3) is 0 Å². The predicted octanol–water partition coefficient (Wildman–Crippen LogP) is 4.24. The van der Waals surface area contributed by atoms with E-state index < -0.39 is 0 Å². The maximum absolute atomic E-state index is 9.70. The number of aliphatic hydroxyl groups is 1. The lowest BCUT2D eigenvalue weighted by atomic mass is 9.69. The summed E-state index contributed by atoms with van der Waals surface area (Å²) in [5.41, 5.74) is 2.51. The second kappa shape index (κ2) is 6.01. The number of hydrogen-bond acceptors (Lipinski definition) is 1. The fraction of sp³-hybridized carbons (Fsp3) is 0.600. The summed E-state index contributed by atoms with van der Waals surface area (Å²) < 4.78 is 0. The van der Waals surface area contributed by atoms with Gasteiger partial charge in [-0.05, 0) is 36.7 Å². The first-order chi connectivity index (χ1) is 7.88. The molecule has 1 N–H and O–H groups in total. The predicted molar refractivity (Wildman–Crippen MR) is 78.3 cm³/mol. The smallest absolute Gasteiger partial charge is 0.0844 e. The standard InChI is InChI=1S/C15H23BrO/c1-11-6-5-9-15(3,4)13(11)8-7-12(2)14(17)10-16/h5,7,9,13-14,17H,1,6,8,10H2,2-4H3/b12-7+/t13-,14+/m1/s1. The molecule has 1 nitrogen and oxygen atoms in total. The number of aliphatic hydroxyl groups excluding tert-OH is 1. The quantitative estimate of drug-likeness (QED) is 0.608. The van der Waals surface area contributed by atoms with Crippen LogP contribution in [0.3, 0.4) is 0 Å². The van der Waals surface area contributed by atoms with Gasteiger partial charge in [-0.3, -0.25) is 0 Å². The summed E-state index contributed by atoms with van der Waals surface area (Å²) in [5, 5.41) is 10.3. The summed E-state index contributed by atoms with van der Waals surface area (Å²) in [6, 6.07) is 0. The van der Waals surface area contributed by atoms with Crippen LogP contribution in [0.2, 0.25) is 0 Å². The van der Waals surface area contributed by atoms with E-state index >= 15 is 0 Å². The highest BCUT2D eigenvalue weighted by Gasteiger charge is 2.30. The fourth-order valence-corrected chi connectivity index (χ4v) is 2.84. The van der Waals surface area contributed by atoms with Crippen molar-refractivity contribution in [1.29, 1.82) is 0 Å². The second-order valence-electron chi connectivity index (χ2n) is 5.49. The van der Waals surface area contributed by atoms with Crippen LogP contribution >= 0.6 is 15.9 Å². The Morgan fingerprint density at radius 1 is 1.71 bits per heavy atom. The molecule has 0 bridgehead atoms. The van der Waals surface area contributed by atoms with Gasteiger partial charge in [-0.25, -0.2) is 0 Å². The molecule has 2 atom stereocenters. The Morgan fingerprint density at radius 2 is 2.35 bits per heavy atom. The maximum Gasteiger partial charge on any atom is 0.0844 e. The van der Waals surface area contributed by atoms with Gasteiger partial charge in [0.1, 0.15) is 0 Å². The van der Waals surface area contributed by atoms with Crippen LogP contribution in [0.5, 0.6) is 0 Å². The van der Waals surface area contributed by atoms with Gasteiger partial charge in [-0.2, -0.15) is 0 Å². The molecule has 1 aliphatic carbocycles. The Hall–Kier alpha value is -0.340. The van der Waals surface area contributed by atoms with Crippen LogP contribution in [0.1, 0.15) is 33.6 Å². The Bertz CT molecular complexity index is 339. The van der Waals surface area contributed by atoms with E-state index in [1.54, 1.807) is 0 Å². The van der Waals surface area contributed by atoms with Crippen molar-refractivity contribution in [3.63, 3.8) is 0 Å². The summed E-state index contributed by atoms with van der Waals surface area (Å²) in [6.45, 7) is 10.7. The Kier molecular flexibility index (Phi) is 5.21. The molecule has 0 aromatic rings. The fourth-order valence-electron chi connectivity index (χ4n) is 2.33. The summed E-state index contributed by atoms with van der Waals surface area (Å²) in [5.74, 6) is 0.477. The first-order valence-corrected chi connectivity index (χ1v) is 7.26. The number of rotatable bonds is 4. The zero-order valence-corrected chi connectivity index (χ0v) is 12.6. The molecule has 96 valence electrons. The molecule has 0 aromatic carbocycles. The second-order valence-corrected chi connectivity index (χ2v) is 6.14. The van der Waals surface area contributed by atoms with E-state index in [4.69, 9.17) is 0 Å². The summed E-state index contributed by atoms with van der Waals surface area (Å²) in [4.78, 5) is 0. The number of alkyl halides is 1. The normalized spacial score (nSPS) is 26.1. The van der Waals surface area contributed by atoms with Crippen molar-refractivity contribution < 1.29 is 5.11 Å². The largest absolute Gasteiger partial charge is 0.388 e. The molecule has 0 fully saturated rings. The van der Waals surface area contributed by atoms with E-state index in [1.807, 2.05) is 6.92 Å². The topological polar surface area (TPSA) is 20.2 Å². The van der Waals surface area contributed by atoms with Crippen molar-refractivity contribution in [2.24, 2.45) is 11.3 Å². The molecule has 0 heterocycles. The lowest BCUT2D eigenvalue weighted by Gasteiger charge is -2.36. The van der Waals surface area contributed by atoms with Gasteiger partial charge in [-0.15, -0.1) is 0 Å². The van der Waals surface area contributed by atoms with Gasteiger partial charge in [0.25, 0.3) is 0 Å². The number of halogens is 1. The van der Waals surface area contributed by atoms with Gasteiger partial charge >= 0.3 is 0 Å². The molecule has 0 radical (unpaired) electrons. The van der Waals surface area contributed by atoms with Crippen LogP contribution in [0, 0.1) is 11.3 Å². The van der Waals surface area contributed by atoms with Crippen molar-refractivity contribution >= 4 is 15.9 Å². The average Bonchev–Trinajstić information content (AvgIpc) is 2.26. The minimum atomic E-state index is -0.370. The SMILES string of the molecule is C=C1CC=CC(C)(C)[C@@H]1C/C=C(\C)[C@@H](O)CBr. The molecule has 17 heavy (non-hydrogen) atoms. The van der Waals surface area contributed by atoms with Crippen LogP contribution in [0.15, 0.2) is 36.0 Å². The minimum Gasteiger partial charge on any atom is -0.388 e. The van der Waals surface area contributed by atoms with Gasteiger partial charge in [-0.1, -0.05) is 60.2 Å². The molecule has 0 saturated heterocycles. The molecule has 0 aliphatic heterocycles. The van der Waals surface area contributed by atoms with E-state index in [0.29, 0.717) is 11.2 Å². The third-order valence-corrected chi connectivity index (χ3v) is 4.28. The molecule has 1 rings (SSSR count). The van der Waals surface area contributed by atoms with Crippen LogP contribution in [-0.4, -0.2) is 16.5 Å². The first kappa shape index (κ1) is 14.7. The molecule has 1 aliphatic rings. The Morgan fingerprint density at radius 3 is 2.88 bits per heavy atom. The third-order valence-electron chi connectivity index (χ3n) is 3.67. The monoisotopic (exact) mass is 298 g/mol. The molecule has 0 amide bonds. The van der Waals surface area contributed by atoms with Crippen molar-refractivity contribution in [2.45, 2.75) is 39.7 Å². The minimum absolute atomic E-state index is 0.172. The maximum atomic E-state index is 9.70. The van der Waals surface area contributed by atoms with Gasteiger partial charge < -0.3 is 5.11 Å². The highest BCUT2D eigenvalue weighted by molar-refractivity contribution is 9.09. The number of hydrogen-bond donors (Lipinski definition) is 1. The molecular weight excluding hydrogens is 276 g/mol. The zero-order chi connectivity index (χ0) is 13.1. The molecule has 2 heteroatoms. The Balaban J connectivity index is 2.74. The summed E-state index contributed by atoms with van der Waals surface area (Å²) in [6.07, 6.45) is 8.24. The number of allylic oxidation sites excluding steroid dienone is 4. The van der Waals surface area contributed by atoms with Gasteiger partial charge in [0.2, 0.25) is 0 Å². The van der Waals surface area contributed by atoms with E-state index in [9.17, 15) is 5.11 Å². The lowest BCUT2D eigenvalue weighted by molar-refractivity contribution is 0.235. The summed E-state index contributed by atoms with van der Waals surface area (Å²) >= 11 is 3.30. The lowest BCUT2D eigenvalue weighted by Crippen LogP contribution is -2.25. The van der Waals surface area contributed by atoms with E-state index in [-0.39, 0.29) is 11.5 Å². The van der Waals surface area contributed by atoms with Crippen LogP contribution < -0.4 is 0 Å². The van der Waals surface area contributed by atoms with Crippen LogP contribution in [-0.2, 0) is 0 Å². The van der Waals surface area contributed by atoms with Crippen molar-refractivity contribution in [3.8, 4) is 0 Å². The molecule has 0 aromatic heterocycles. The van der Waals surface area contributed by atoms with Gasteiger partial charge in [0.15, 0.2) is 0 Å². The highest BCUT2D eigenvalue weighted by atomic mass is 79.9. The van der Waals surface area contributed by atoms with Crippen LogP contribution in [0.4, 0.5) is 0 Å². The van der Waals surface area contributed by atoms with Gasteiger partial charge in [0, 0.05) is 5.33 Å². The molecule has 0 unspecified atom stereocenters. The third kappa shape index (κ3) is 3.82. The molecular formula is C15H23BrO. The van der Waals surface area contributed by atoms with Gasteiger partial charge in [0.05, 0.1) is 6.10 Å². The van der Waals surface area contributed by atoms with E-state index in [2.05, 4.69) is 54.6 Å².